The lowest BCUT2D eigenvalue weighted by atomic mass is 10.1. The van der Waals surface area contributed by atoms with Crippen LogP contribution in [0.15, 0.2) is 0 Å². The van der Waals surface area contributed by atoms with Crippen LogP contribution >= 0.6 is 22.9 Å². The molecule has 0 aliphatic carbocycles. The van der Waals surface area contributed by atoms with Gasteiger partial charge in [0.05, 0.1) is 12.7 Å². The van der Waals surface area contributed by atoms with Crippen molar-refractivity contribution in [3.8, 4) is 6.07 Å². The van der Waals surface area contributed by atoms with Gasteiger partial charge in [0.25, 0.3) is 0 Å². The van der Waals surface area contributed by atoms with E-state index < -0.39 is 0 Å². The number of nitrogens with zero attached hydrogens (tertiary/aromatic N) is 2. The van der Waals surface area contributed by atoms with Crippen LogP contribution in [-0.2, 0) is 4.74 Å². The molecule has 7 heteroatoms. The number of thiazole rings is 1. The topological polar surface area (TPSA) is 70.0 Å². The summed E-state index contributed by atoms with van der Waals surface area (Å²) >= 11 is 7.04. The van der Waals surface area contributed by atoms with Gasteiger partial charge in [-0.15, -0.1) is 0 Å². The van der Waals surface area contributed by atoms with Crippen LogP contribution in [0.1, 0.15) is 17.7 Å². The van der Waals surface area contributed by atoms with Gasteiger partial charge >= 0.3 is 0 Å². The molecule has 2 rings (SSSR count). The van der Waals surface area contributed by atoms with E-state index in [0.29, 0.717) is 29.3 Å². The molecular formula is C11H15ClN4OS. The molecule has 1 aliphatic rings. The van der Waals surface area contributed by atoms with Crippen molar-refractivity contribution in [1.29, 1.82) is 5.26 Å². The molecule has 0 unspecified atom stereocenters. The summed E-state index contributed by atoms with van der Waals surface area (Å²) < 4.78 is 5.74. The van der Waals surface area contributed by atoms with Crippen LogP contribution in [0.3, 0.4) is 0 Å². The van der Waals surface area contributed by atoms with Crippen LogP contribution in [0.4, 0.5) is 5.13 Å². The van der Waals surface area contributed by atoms with Crippen molar-refractivity contribution in [2.45, 2.75) is 18.9 Å². The van der Waals surface area contributed by atoms with E-state index in [2.05, 4.69) is 15.6 Å². The van der Waals surface area contributed by atoms with Gasteiger partial charge in [-0.1, -0.05) is 22.9 Å². The smallest absolute Gasteiger partial charge is 0.185 e. The summed E-state index contributed by atoms with van der Waals surface area (Å²) in [4.78, 5) is 4.49. The van der Waals surface area contributed by atoms with Crippen LogP contribution in [0.5, 0.6) is 0 Å². The van der Waals surface area contributed by atoms with Gasteiger partial charge in [-0.2, -0.15) is 5.26 Å². The van der Waals surface area contributed by atoms with Crippen molar-refractivity contribution >= 4 is 28.1 Å². The Labute approximate surface area is 115 Å². The fourth-order valence-electron chi connectivity index (χ4n) is 1.79. The first kappa shape index (κ1) is 13.6. The molecule has 5 nitrogen and oxygen atoms in total. The van der Waals surface area contributed by atoms with Gasteiger partial charge in [0, 0.05) is 6.54 Å². The van der Waals surface area contributed by atoms with E-state index in [4.69, 9.17) is 21.6 Å². The summed E-state index contributed by atoms with van der Waals surface area (Å²) in [5, 5.41) is 16.1. The summed E-state index contributed by atoms with van der Waals surface area (Å²) in [6.07, 6.45) is 2.51. The number of halogens is 1. The maximum absolute atomic E-state index is 8.75. The van der Waals surface area contributed by atoms with Crippen LogP contribution in [0, 0.1) is 11.3 Å². The monoisotopic (exact) mass is 286 g/mol. The second-order valence-corrected chi connectivity index (χ2v) is 5.35. The van der Waals surface area contributed by atoms with Crippen molar-refractivity contribution in [3.63, 3.8) is 0 Å². The minimum Gasteiger partial charge on any atom is -0.376 e. The van der Waals surface area contributed by atoms with Gasteiger partial charge < -0.3 is 15.4 Å². The lowest BCUT2D eigenvalue weighted by Gasteiger charge is -2.22. The first-order valence-electron chi connectivity index (χ1n) is 5.92. The third kappa shape index (κ3) is 3.82. The summed E-state index contributed by atoms with van der Waals surface area (Å²) in [5.41, 5.74) is 0. The van der Waals surface area contributed by atoms with Crippen LogP contribution in [0.2, 0.25) is 5.15 Å². The van der Waals surface area contributed by atoms with E-state index in [1.165, 1.54) is 11.3 Å². The number of aromatic nitrogens is 1. The molecule has 0 radical (unpaired) electrons. The zero-order chi connectivity index (χ0) is 12.8. The molecule has 2 N–H and O–H groups in total. The lowest BCUT2D eigenvalue weighted by molar-refractivity contribution is 0.0394. The molecular weight excluding hydrogens is 272 g/mol. The molecule has 0 saturated carbocycles. The molecule has 1 aliphatic heterocycles. The van der Waals surface area contributed by atoms with Crippen molar-refractivity contribution in [2.75, 3.05) is 31.6 Å². The first-order chi connectivity index (χ1) is 8.79. The molecule has 0 spiro atoms. The minimum atomic E-state index is 0.268. The largest absolute Gasteiger partial charge is 0.376 e. The quantitative estimate of drug-likeness (QED) is 0.809. The van der Waals surface area contributed by atoms with Crippen LogP contribution in [0.25, 0.3) is 0 Å². The fourth-order valence-corrected chi connectivity index (χ4v) is 2.76. The number of nitrogens with one attached hydrogen (secondary N) is 2. The first-order valence-corrected chi connectivity index (χ1v) is 7.11. The number of nitriles is 1. The third-order valence-electron chi connectivity index (χ3n) is 2.71. The molecule has 1 aromatic heterocycles. The van der Waals surface area contributed by atoms with Crippen molar-refractivity contribution < 1.29 is 4.74 Å². The molecule has 98 valence electrons. The average Bonchev–Trinajstić information content (AvgIpc) is 2.76. The zero-order valence-electron chi connectivity index (χ0n) is 9.91. The van der Waals surface area contributed by atoms with Gasteiger partial charge in [0.2, 0.25) is 0 Å². The molecule has 1 fully saturated rings. The summed E-state index contributed by atoms with van der Waals surface area (Å²) in [5.74, 6) is 0. The average molecular weight is 287 g/mol. The Bertz CT molecular complexity index is 425. The van der Waals surface area contributed by atoms with Gasteiger partial charge in [-0.05, 0) is 25.9 Å². The summed E-state index contributed by atoms with van der Waals surface area (Å²) in [7, 11) is 0. The number of hydrogen-bond acceptors (Lipinski definition) is 6. The molecule has 1 saturated heterocycles. The highest BCUT2D eigenvalue weighted by Gasteiger charge is 2.13. The Kier molecular flexibility index (Phi) is 5.20. The second kappa shape index (κ2) is 6.90. The number of anilines is 1. The Hall–Kier alpha value is -0.870. The Balaban J connectivity index is 1.67. The van der Waals surface area contributed by atoms with E-state index in [1.54, 1.807) is 0 Å². The second-order valence-electron chi connectivity index (χ2n) is 4.00. The number of rotatable bonds is 5. The van der Waals surface area contributed by atoms with E-state index in [9.17, 15) is 0 Å². The maximum atomic E-state index is 8.75. The third-order valence-corrected chi connectivity index (χ3v) is 4.01. The Morgan fingerprint density at radius 3 is 3.00 bits per heavy atom. The standard InChI is InChI=1S/C11H15ClN4OS/c12-10-9(7-13)18-11(16-10)15-5-6-17-8-1-3-14-4-2-8/h8,14H,1-6H2,(H,15,16). The predicted octanol–water partition coefficient (Wildman–Crippen LogP) is 1.85. The van der Waals surface area contributed by atoms with Gasteiger partial charge in [-0.3, -0.25) is 0 Å². The lowest BCUT2D eigenvalue weighted by Crippen LogP contribution is -2.33. The summed E-state index contributed by atoms with van der Waals surface area (Å²) in [6, 6.07) is 2.00. The van der Waals surface area contributed by atoms with E-state index in [-0.39, 0.29) is 5.15 Å². The number of hydrogen-bond donors (Lipinski definition) is 2. The van der Waals surface area contributed by atoms with Crippen molar-refractivity contribution in [3.05, 3.63) is 10.0 Å². The highest BCUT2D eigenvalue weighted by Crippen LogP contribution is 2.25. The molecule has 2 heterocycles. The molecule has 0 atom stereocenters. The minimum absolute atomic E-state index is 0.268. The van der Waals surface area contributed by atoms with Gasteiger partial charge in [0.1, 0.15) is 10.9 Å². The SMILES string of the molecule is N#Cc1sc(NCCOC2CCNCC2)nc1Cl. The van der Waals surface area contributed by atoms with Crippen LogP contribution < -0.4 is 10.6 Å². The highest BCUT2D eigenvalue weighted by atomic mass is 35.5. The highest BCUT2D eigenvalue weighted by molar-refractivity contribution is 7.16. The molecule has 18 heavy (non-hydrogen) atoms. The normalized spacial score (nSPS) is 16.4. The van der Waals surface area contributed by atoms with Crippen LogP contribution in [-0.4, -0.2) is 37.3 Å². The van der Waals surface area contributed by atoms with Crippen molar-refractivity contribution in [1.82, 2.24) is 10.3 Å². The number of piperidine rings is 1. The van der Waals surface area contributed by atoms with Gasteiger partial charge in [0.15, 0.2) is 10.3 Å². The number of ether oxygens (including phenoxy) is 1. The van der Waals surface area contributed by atoms with Crippen molar-refractivity contribution in [2.24, 2.45) is 0 Å². The Morgan fingerprint density at radius 2 is 2.33 bits per heavy atom. The molecule has 0 aromatic carbocycles. The van der Waals surface area contributed by atoms with Gasteiger partial charge in [-0.25, -0.2) is 4.98 Å². The molecule has 0 bridgehead atoms. The maximum Gasteiger partial charge on any atom is 0.185 e. The Morgan fingerprint density at radius 1 is 1.56 bits per heavy atom. The van der Waals surface area contributed by atoms with E-state index in [0.717, 1.165) is 25.9 Å². The summed E-state index contributed by atoms with van der Waals surface area (Å²) in [6.45, 7) is 3.39. The van der Waals surface area contributed by atoms with E-state index in [1.807, 2.05) is 6.07 Å². The zero-order valence-corrected chi connectivity index (χ0v) is 11.5. The fraction of sp³-hybridized carbons (Fsp3) is 0.636. The van der Waals surface area contributed by atoms with E-state index >= 15 is 0 Å². The molecule has 1 aromatic rings. The molecule has 0 amide bonds. The predicted molar refractivity (Wildman–Crippen MR) is 72.2 cm³/mol.